The maximum absolute atomic E-state index is 15.0. The highest BCUT2D eigenvalue weighted by atomic mass is 35.5. The smallest absolute Gasteiger partial charge is 0.341 e. The molecule has 31 heavy (non-hydrogen) atoms. The highest BCUT2D eigenvalue weighted by Crippen LogP contribution is 2.24. The third-order valence-electron chi connectivity index (χ3n) is 4.96. The number of rotatable bonds is 3. The van der Waals surface area contributed by atoms with E-state index in [0.29, 0.717) is 13.1 Å². The second-order valence-electron chi connectivity index (χ2n) is 7.42. The number of halogens is 3. The number of aromatic nitrogens is 3. The Bertz CT molecular complexity index is 1190. The molecule has 1 fully saturated rings. The minimum absolute atomic E-state index is 0. The predicted octanol–water partition coefficient (Wildman–Crippen LogP) is 2.37. The van der Waals surface area contributed by atoms with Crippen LogP contribution in [0.2, 0.25) is 0 Å². The van der Waals surface area contributed by atoms with Gasteiger partial charge in [0.1, 0.15) is 17.2 Å². The molecule has 3 aromatic heterocycles. The van der Waals surface area contributed by atoms with E-state index < -0.39 is 28.6 Å². The fourth-order valence-corrected chi connectivity index (χ4v) is 3.77. The molecule has 1 saturated heterocycles. The standard InChI is InChI=1S/C20H19F2N5O3.ClH/c1-10-7-26(8-11(2)24-10)19-15(22)5-13-17(28)14(20(29)30)9-27(18(13)25-19)16-4-3-12(21)6-23-16;/h3-6,9-11,24H,7-8H2,1-2H3,(H,29,30);1H. The Kier molecular flexibility index (Phi) is 6.23. The van der Waals surface area contributed by atoms with Crippen molar-refractivity contribution in [2.75, 3.05) is 18.0 Å². The zero-order valence-electron chi connectivity index (χ0n) is 16.7. The number of hydrogen-bond donors (Lipinski definition) is 2. The number of hydrogen-bond acceptors (Lipinski definition) is 6. The number of fused-ring (bicyclic) bond motifs is 1. The van der Waals surface area contributed by atoms with Gasteiger partial charge >= 0.3 is 5.97 Å². The first-order valence-corrected chi connectivity index (χ1v) is 9.36. The lowest BCUT2D eigenvalue weighted by atomic mass is 10.1. The van der Waals surface area contributed by atoms with Crippen molar-refractivity contribution < 1.29 is 18.7 Å². The molecule has 0 aliphatic carbocycles. The summed E-state index contributed by atoms with van der Waals surface area (Å²) in [5.74, 6) is -2.56. The summed E-state index contributed by atoms with van der Waals surface area (Å²) >= 11 is 0. The molecule has 0 aromatic carbocycles. The Hall–Kier alpha value is -3.11. The molecule has 0 bridgehead atoms. The molecule has 1 aliphatic rings. The summed E-state index contributed by atoms with van der Waals surface area (Å²) in [6, 6.07) is 3.67. The second-order valence-corrected chi connectivity index (χ2v) is 7.42. The lowest BCUT2D eigenvalue weighted by molar-refractivity contribution is 0.0695. The highest BCUT2D eigenvalue weighted by Gasteiger charge is 2.26. The van der Waals surface area contributed by atoms with E-state index >= 15 is 0 Å². The molecule has 11 heteroatoms. The SMILES string of the molecule is CC1CN(c2nc3c(cc2F)c(=O)c(C(=O)O)cn3-c2ccc(F)cn2)CC(C)N1.Cl. The van der Waals surface area contributed by atoms with Crippen molar-refractivity contribution in [1.29, 1.82) is 0 Å². The molecule has 2 unspecified atom stereocenters. The van der Waals surface area contributed by atoms with Crippen LogP contribution in [0, 0.1) is 11.6 Å². The topological polar surface area (TPSA) is 100 Å². The summed E-state index contributed by atoms with van der Waals surface area (Å²) in [7, 11) is 0. The van der Waals surface area contributed by atoms with Crippen molar-refractivity contribution >= 4 is 35.2 Å². The minimum atomic E-state index is -1.47. The van der Waals surface area contributed by atoms with Gasteiger partial charge in [-0.2, -0.15) is 0 Å². The van der Waals surface area contributed by atoms with Crippen molar-refractivity contribution in [3.05, 3.63) is 58.0 Å². The molecule has 0 amide bonds. The first-order valence-electron chi connectivity index (χ1n) is 9.36. The fraction of sp³-hybridized carbons (Fsp3) is 0.300. The van der Waals surface area contributed by atoms with Crippen molar-refractivity contribution in [1.82, 2.24) is 19.9 Å². The Morgan fingerprint density at radius 2 is 1.90 bits per heavy atom. The molecule has 3 aromatic rings. The first-order chi connectivity index (χ1) is 14.2. The second kappa shape index (κ2) is 8.56. The van der Waals surface area contributed by atoms with Gasteiger partial charge in [0.25, 0.3) is 0 Å². The zero-order valence-corrected chi connectivity index (χ0v) is 17.5. The molecule has 0 saturated carbocycles. The van der Waals surface area contributed by atoms with Crippen LogP contribution in [0.25, 0.3) is 16.9 Å². The van der Waals surface area contributed by atoms with Crippen LogP contribution in [0.15, 0.2) is 35.4 Å². The molecular weight excluding hydrogens is 432 g/mol. The van der Waals surface area contributed by atoms with Crippen molar-refractivity contribution in [2.24, 2.45) is 0 Å². The molecule has 2 atom stereocenters. The Morgan fingerprint density at radius 3 is 2.48 bits per heavy atom. The van der Waals surface area contributed by atoms with E-state index in [2.05, 4.69) is 15.3 Å². The molecule has 0 spiro atoms. The van der Waals surface area contributed by atoms with Crippen LogP contribution in [-0.2, 0) is 0 Å². The van der Waals surface area contributed by atoms with Gasteiger partial charge in [0, 0.05) is 31.4 Å². The summed E-state index contributed by atoms with van der Waals surface area (Å²) in [5, 5.41) is 12.6. The predicted molar refractivity (Wildman–Crippen MR) is 114 cm³/mol. The van der Waals surface area contributed by atoms with E-state index in [-0.39, 0.29) is 47.2 Å². The van der Waals surface area contributed by atoms with Crippen LogP contribution >= 0.6 is 12.4 Å². The van der Waals surface area contributed by atoms with Crippen LogP contribution in [0.1, 0.15) is 24.2 Å². The van der Waals surface area contributed by atoms with Gasteiger partial charge in [-0.05, 0) is 32.0 Å². The first kappa shape index (κ1) is 22.6. The van der Waals surface area contributed by atoms with E-state index in [1.54, 1.807) is 4.90 Å². The number of nitrogens with zero attached hydrogens (tertiary/aromatic N) is 4. The highest BCUT2D eigenvalue weighted by molar-refractivity contribution is 5.92. The Balaban J connectivity index is 0.00000272. The van der Waals surface area contributed by atoms with E-state index in [9.17, 15) is 23.5 Å². The quantitative estimate of drug-likeness (QED) is 0.630. The van der Waals surface area contributed by atoms with E-state index in [1.165, 1.54) is 10.6 Å². The van der Waals surface area contributed by atoms with E-state index in [1.807, 2.05) is 13.8 Å². The maximum Gasteiger partial charge on any atom is 0.341 e. The third-order valence-corrected chi connectivity index (χ3v) is 4.96. The Morgan fingerprint density at radius 1 is 1.23 bits per heavy atom. The van der Waals surface area contributed by atoms with Crippen LogP contribution < -0.4 is 15.6 Å². The molecule has 8 nitrogen and oxygen atoms in total. The van der Waals surface area contributed by atoms with Gasteiger partial charge in [-0.25, -0.2) is 23.5 Å². The number of carboxylic acid groups (broad SMARTS) is 1. The molecule has 0 radical (unpaired) electrons. The summed E-state index contributed by atoms with van der Waals surface area (Å²) in [6.07, 6.45) is 2.04. The maximum atomic E-state index is 15.0. The van der Waals surface area contributed by atoms with E-state index in [0.717, 1.165) is 24.5 Å². The molecule has 164 valence electrons. The molecular formula is C20H20ClF2N5O3. The largest absolute Gasteiger partial charge is 0.477 e. The van der Waals surface area contributed by atoms with Gasteiger partial charge in [-0.15, -0.1) is 12.4 Å². The summed E-state index contributed by atoms with van der Waals surface area (Å²) < 4.78 is 29.6. The van der Waals surface area contributed by atoms with Crippen LogP contribution in [0.3, 0.4) is 0 Å². The number of carbonyl (C=O) groups is 1. The number of anilines is 1. The summed E-state index contributed by atoms with van der Waals surface area (Å²) in [4.78, 5) is 34.3. The van der Waals surface area contributed by atoms with Crippen LogP contribution in [0.5, 0.6) is 0 Å². The van der Waals surface area contributed by atoms with Crippen LogP contribution in [0.4, 0.5) is 14.6 Å². The molecule has 1 aliphatic heterocycles. The molecule has 4 rings (SSSR count). The summed E-state index contributed by atoms with van der Waals surface area (Å²) in [5.41, 5.74) is -1.37. The molecule has 4 heterocycles. The monoisotopic (exact) mass is 451 g/mol. The van der Waals surface area contributed by atoms with Gasteiger partial charge in [0.15, 0.2) is 17.3 Å². The zero-order chi connectivity index (χ0) is 21.6. The lowest BCUT2D eigenvalue weighted by Gasteiger charge is -2.37. The van der Waals surface area contributed by atoms with Gasteiger partial charge in [0.05, 0.1) is 11.6 Å². The van der Waals surface area contributed by atoms with Crippen molar-refractivity contribution in [3.63, 3.8) is 0 Å². The number of nitrogens with one attached hydrogen (secondary N) is 1. The fourth-order valence-electron chi connectivity index (χ4n) is 3.77. The van der Waals surface area contributed by atoms with Gasteiger partial charge in [-0.3, -0.25) is 9.36 Å². The van der Waals surface area contributed by atoms with Crippen molar-refractivity contribution in [3.8, 4) is 5.82 Å². The van der Waals surface area contributed by atoms with Gasteiger partial charge in [0.2, 0.25) is 5.43 Å². The van der Waals surface area contributed by atoms with Gasteiger partial charge < -0.3 is 15.3 Å². The van der Waals surface area contributed by atoms with Crippen molar-refractivity contribution in [2.45, 2.75) is 25.9 Å². The summed E-state index contributed by atoms with van der Waals surface area (Å²) in [6.45, 7) is 4.95. The average molecular weight is 452 g/mol. The van der Waals surface area contributed by atoms with E-state index in [4.69, 9.17) is 0 Å². The number of aromatic carboxylic acids is 1. The van der Waals surface area contributed by atoms with Crippen LogP contribution in [-0.4, -0.2) is 50.8 Å². The minimum Gasteiger partial charge on any atom is -0.477 e. The normalized spacial score (nSPS) is 18.6. The third kappa shape index (κ3) is 4.21. The van der Waals surface area contributed by atoms with Gasteiger partial charge in [-0.1, -0.05) is 0 Å². The number of piperazine rings is 1. The Labute approximate surface area is 181 Å². The number of pyridine rings is 3. The number of carboxylic acids is 1. The average Bonchev–Trinajstić information content (AvgIpc) is 2.68. The lowest BCUT2D eigenvalue weighted by Crippen LogP contribution is -2.54. The molecule has 2 N–H and O–H groups in total.